The van der Waals surface area contributed by atoms with Crippen molar-refractivity contribution in [3.05, 3.63) is 24.3 Å². The summed E-state index contributed by atoms with van der Waals surface area (Å²) in [7, 11) is -3.44. The van der Waals surface area contributed by atoms with Crippen LogP contribution in [0, 0.1) is 0 Å². The molecular formula is C13H21ClN2O3S. The van der Waals surface area contributed by atoms with Gasteiger partial charge in [-0.2, -0.15) is 0 Å². The molecule has 1 aromatic rings. The van der Waals surface area contributed by atoms with Crippen LogP contribution in [0.1, 0.15) is 19.8 Å². The first-order valence-electron chi connectivity index (χ1n) is 6.58. The summed E-state index contributed by atoms with van der Waals surface area (Å²) in [5.41, 5.74) is 0. The summed E-state index contributed by atoms with van der Waals surface area (Å²) < 4.78 is 32.4. The highest BCUT2D eigenvalue weighted by Gasteiger charge is 2.21. The molecule has 0 unspecified atom stereocenters. The van der Waals surface area contributed by atoms with Gasteiger partial charge >= 0.3 is 0 Å². The van der Waals surface area contributed by atoms with Crippen molar-refractivity contribution >= 4 is 22.4 Å². The average Bonchev–Trinajstić information content (AvgIpc) is 2.40. The van der Waals surface area contributed by atoms with E-state index in [-0.39, 0.29) is 23.3 Å². The van der Waals surface area contributed by atoms with Crippen LogP contribution in [0.15, 0.2) is 29.2 Å². The van der Waals surface area contributed by atoms with Gasteiger partial charge in [-0.3, -0.25) is 0 Å². The van der Waals surface area contributed by atoms with Crippen LogP contribution >= 0.6 is 12.4 Å². The summed E-state index contributed by atoms with van der Waals surface area (Å²) in [6.45, 7) is 4.11. The van der Waals surface area contributed by atoms with Gasteiger partial charge in [0.2, 0.25) is 10.0 Å². The minimum atomic E-state index is -3.44. The van der Waals surface area contributed by atoms with Crippen LogP contribution in [0.3, 0.4) is 0 Å². The molecule has 0 radical (unpaired) electrons. The Labute approximate surface area is 126 Å². The molecule has 2 rings (SSSR count). The van der Waals surface area contributed by atoms with E-state index in [4.69, 9.17) is 4.74 Å². The van der Waals surface area contributed by atoms with E-state index in [0.717, 1.165) is 19.4 Å². The lowest BCUT2D eigenvalue weighted by Gasteiger charge is -2.23. The second-order valence-corrected chi connectivity index (χ2v) is 6.28. The van der Waals surface area contributed by atoms with Crippen molar-refractivity contribution in [3.8, 4) is 5.75 Å². The van der Waals surface area contributed by atoms with Gasteiger partial charge in [0.05, 0.1) is 11.5 Å². The first-order chi connectivity index (χ1) is 9.12. The van der Waals surface area contributed by atoms with Gasteiger partial charge in [0.1, 0.15) is 5.75 Å². The molecule has 0 bridgehead atoms. The fourth-order valence-corrected chi connectivity index (χ4v) is 3.39. The van der Waals surface area contributed by atoms with Crippen LogP contribution < -0.4 is 14.8 Å². The maximum absolute atomic E-state index is 12.2. The number of hydrogen-bond acceptors (Lipinski definition) is 4. The third-order valence-electron chi connectivity index (χ3n) is 3.06. The van der Waals surface area contributed by atoms with Crippen LogP contribution in [0.25, 0.3) is 0 Å². The molecule has 1 heterocycles. The van der Waals surface area contributed by atoms with Gasteiger partial charge in [0.25, 0.3) is 0 Å². The summed E-state index contributed by atoms with van der Waals surface area (Å²) in [5, 5.41) is 3.19. The molecule has 1 saturated heterocycles. The van der Waals surface area contributed by atoms with Crippen molar-refractivity contribution in [1.29, 1.82) is 0 Å². The number of rotatable bonds is 5. The predicted molar refractivity (Wildman–Crippen MR) is 81.1 cm³/mol. The van der Waals surface area contributed by atoms with E-state index in [2.05, 4.69) is 10.0 Å². The molecule has 0 aliphatic carbocycles. The third kappa shape index (κ3) is 4.63. The van der Waals surface area contributed by atoms with Gasteiger partial charge < -0.3 is 10.1 Å². The van der Waals surface area contributed by atoms with Crippen molar-refractivity contribution < 1.29 is 13.2 Å². The lowest BCUT2D eigenvalue weighted by molar-refractivity contribution is 0.340. The molecule has 5 nitrogen and oxygen atoms in total. The molecule has 20 heavy (non-hydrogen) atoms. The summed E-state index contributed by atoms with van der Waals surface area (Å²) in [4.78, 5) is 0.279. The molecule has 0 spiro atoms. The topological polar surface area (TPSA) is 67.4 Å². The average molecular weight is 321 g/mol. The van der Waals surface area contributed by atoms with Crippen LogP contribution in [0.4, 0.5) is 0 Å². The number of halogens is 1. The van der Waals surface area contributed by atoms with Gasteiger partial charge in [-0.25, -0.2) is 13.1 Å². The fraction of sp³-hybridized carbons (Fsp3) is 0.538. The second-order valence-electron chi connectivity index (χ2n) is 4.57. The lowest BCUT2D eigenvalue weighted by Crippen LogP contribution is -2.45. The molecule has 1 atom stereocenters. The molecule has 1 fully saturated rings. The van der Waals surface area contributed by atoms with Crippen LogP contribution in [-0.2, 0) is 10.0 Å². The van der Waals surface area contributed by atoms with E-state index in [1.165, 1.54) is 0 Å². The van der Waals surface area contributed by atoms with E-state index in [9.17, 15) is 8.42 Å². The Morgan fingerprint density at radius 2 is 2.05 bits per heavy atom. The SMILES string of the molecule is CCOc1ccc(S(=O)(=O)N[C@H]2CCCNC2)cc1.Cl. The third-order valence-corrected chi connectivity index (χ3v) is 4.60. The normalized spacial score (nSPS) is 19.1. The predicted octanol–water partition coefficient (Wildman–Crippen LogP) is 1.54. The molecule has 0 saturated carbocycles. The fourth-order valence-electron chi connectivity index (χ4n) is 2.12. The van der Waals surface area contributed by atoms with Gasteiger partial charge in [-0.15, -0.1) is 12.4 Å². The summed E-state index contributed by atoms with van der Waals surface area (Å²) >= 11 is 0. The van der Waals surface area contributed by atoms with E-state index in [0.29, 0.717) is 18.9 Å². The zero-order valence-electron chi connectivity index (χ0n) is 11.5. The number of nitrogens with one attached hydrogen (secondary N) is 2. The van der Waals surface area contributed by atoms with Crippen molar-refractivity contribution in [3.63, 3.8) is 0 Å². The number of sulfonamides is 1. The molecular weight excluding hydrogens is 300 g/mol. The van der Waals surface area contributed by atoms with Gasteiger partial charge in [-0.05, 0) is 50.6 Å². The monoisotopic (exact) mass is 320 g/mol. The largest absolute Gasteiger partial charge is 0.494 e. The number of piperidine rings is 1. The van der Waals surface area contributed by atoms with Gasteiger partial charge in [0, 0.05) is 12.6 Å². The Balaban J connectivity index is 0.00000200. The molecule has 114 valence electrons. The number of benzene rings is 1. The molecule has 1 aromatic carbocycles. The van der Waals surface area contributed by atoms with E-state index in [1.54, 1.807) is 24.3 Å². The first kappa shape index (κ1) is 17.2. The zero-order valence-corrected chi connectivity index (χ0v) is 13.1. The van der Waals surface area contributed by atoms with E-state index >= 15 is 0 Å². The maximum Gasteiger partial charge on any atom is 0.240 e. The smallest absolute Gasteiger partial charge is 0.240 e. The van der Waals surface area contributed by atoms with Gasteiger partial charge in [0.15, 0.2) is 0 Å². The second kappa shape index (κ2) is 7.83. The molecule has 0 amide bonds. The number of ether oxygens (including phenoxy) is 1. The van der Waals surface area contributed by atoms with Crippen molar-refractivity contribution in [1.82, 2.24) is 10.0 Å². The Hall–Kier alpha value is -0.820. The van der Waals surface area contributed by atoms with Crippen molar-refractivity contribution in [2.45, 2.75) is 30.7 Å². The minimum Gasteiger partial charge on any atom is -0.494 e. The quantitative estimate of drug-likeness (QED) is 0.863. The molecule has 0 aromatic heterocycles. The Morgan fingerprint density at radius 3 is 2.60 bits per heavy atom. The van der Waals surface area contributed by atoms with Crippen molar-refractivity contribution in [2.75, 3.05) is 19.7 Å². The highest BCUT2D eigenvalue weighted by molar-refractivity contribution is 7.89. The lowest BCUT2D eigenvalue weighted by atomic mass is 10.1. The Morgan fingerprint density at radius 1 is 1.35 bits per heavy atom. The Bertz CT molecular complexity index is 499. The Kier molecular flexibility index (Phi) is 6.75. The molecule has 7 heteroatoms. The highest BCUT2D eigenvalue weighted by atomic mass is 35.5. The highest BCUT2D eigenvalue weighted by Crippen LogP contribution is 2.16. The van der Waals surface area contributed by atoms with E-state index in [1.807, 2.05) is 6.92 Å². The molecule has 2 N–H and O–H groups in total. The number of hydrogen-bond donors (Lipinski definition) is 2. The maximum atomic E-state index is 12.2. The van der Waals surface area contributed by atoms with Crippen LogP contribution in [0.5, 0.6) is 5.75 Å². The first-order valence-corrected chi connectivity index (χ1v) is 8.06. The zero-order chi connectivity index (χ0) is 13.7. The van der Waals surface area contributed by atoms with Crippen molar-refractivity contribution in [2.24, 2.45) is 0 Å². The van der Waals surface area contributed by atoms with Gasteiger partial charge in [-0.1, -0.05) is 0 Å². The summed E-state index contributed by atoms with van der Waals surface area (Å²) in [5.74, 6) is 0.681. The molecule has 1 aliphatic rings. The summed E-state index contributed by atoms with van der Waals surface area (Å²) in [6.07, 6.45) is 1.87. The van der Waals surface area contributed by atoms with E-state index < -0.39 is 10.0 Å². The summed E-state index contributed by atoms with van der Waals surface area (Å²) in [6, 6.07) is 6.48. The van der Waals surface area contributed by atoms with Crippen LogP contribution in [-0.4, -0.2) is 34.2 Å². The minimum absolute atomic E-state index is 0. The van der Waals surface area contributed by atoms with Crippen LogP contribution in [0.2, 0.25) is 0 Å². The standard InChI is InChI=1S/C13H20N2O3S.ClH/c1-2-18-12-5-7-13(8-6-12)19(16,17)15-11-4-3-9-14-10-11;/h5-8,11,14-15H,2-4,9-10H2,1H3;1H/t11-;/m0./s1. The molecule has 1 aliphatic heterocycles.